The molecule has 19 heavy (non-hydrogen) atoms. The summed E-state index contributed by atoms with van der Waals surface area (Å²) < 4.78 is 0.722. The molecule has 5 heteroatoms. The average molecular weight is 341 g/mol. The van der Waals surface area contributed by atoms with Gasteiger partial charge >= 0.3 is 0 Å². The van der Waals surface area contributed by atoms with E-state index in [4.69, 9.17) is 11.6 Å². The van der Waals surface area contributed by atoms with Gasteiger partial charge in [0.15, 0.2) is 0 Å². The third-order valence-electron chi connectivity index (χ3n) is 2.57. The van der Waals surface area contributed by atoms with E-state index in [0.29, 0.717) is 11.3 Å². The molecule has 2 N–H and O–H groups in total. The number of anilines is 1. The highest BCUT2D eigenvalue weighted by molar-refractivity contribution is 9.10. The maximum atomic E-state index is 12.1. The molecule has 98 valence electrons. The van der Waals surface area contributed by atoms with Crippen molar-refractivity contribution in [3.63, 3.8) is 0 Å². The molecular weight excluding hydrogens is 330 g/mol. The highest BCUT2D eigenvalue weighted by Gasteiger charge is 2.12. The van der Waals surface area contributed by atoms with Crippen LogP contribution in [0.5, 0.6) is 5.75 Å². The molecule has 0 heterocycles. The molecule has 0 aliphatic carbocycles. The molecule has 0 aromatic heterocycles. The number of phenols is 1. The number of hydrogen-bond donors (Lipinski definition) is 2. The van der Waals surface area contributed by atoms with Crippen molar-refractivity contribution in [1.29, 1.82) is 0 Å². The topological polar surface area (TPSA) is 49.3 Å². The number of hydrogen-bond acceptors (Lipinski definition) is 2. The minimum atomic E-state index is -0.264. The lowest BCUT2D eigenvalue weighted by atomic mass is 10.1. The van der Waals surface area contributed by atoms with Crippen LogP contribution in [0, 0.1) is 6.92 Å². The fourth-order valence-electron chi connectivity index (χ4n) is 1.60. The van der Waals surface area contributed by atoms with Crippen LogP contribution in [0.2, 0.25) is 5.02 Å². The molecule has 0 aliphatic heterocycles. The van der Waals surface area contributed by atoms with Gasteiger partial charge in [0.2, 0.25) is 0 Å². The average Bonchev–Trinajstić information content (AvgIpc) is 2.32. The monoisotopic (exact) mass is 339 g/mol. The quantitative estimate of drug-likeness (QED) is 0.798. The summed E-state index contributed by atoms with van der Waals surface area (Å²) in [7, 11) is 0. The van der Waals surface area contributed by atoms with Crippen LogP contribution in [-0.4, -0.2) is 11.0 Å². The number of amides is 1. The standard InChI is InChI=1S/C14H11BrClNO2/c1-8-2-4-10(11(15)6-8)14(19)17-13-5-3-9(18)7-12(13)16/h2-7,18H,1H3,(H,17,19). The molecule has 1 amide bonds. The minimum Gasteiger partial charge on any atom is -0.508 e. The van der Waals surface area contributed by atoms with Gasteiger partial charge in [0.1, 0.15) is 5.75 Å². The molecule has 0 saturated carbocycles. The third-order valence-corrected chi connectivity index (χ3v) is 3.54. The number of phenolic OH excluding ortho intramolecular Hbond substituents is 1. The minimum absolute atomic E-state index is 0.0551. The Hall–Kier alpha value is -1.52. The zero-order valence-corrected chi connectivity index (χ0v) is 12.4. The van der Waals surface area contributed by atoms with Gasteiger partial charge in [0, 0.05) is 10.5 Å². The Labute approximate surface area is 124 Å². The summed E-state index contributed by atoms with van der Waals surface area (Å²) in [6.45, 7) is 1.95. The second kappa shape index (κ2) is 5.63. The van der Waals surface area contributed by atoms with Gasteiger partial charge in [-0.15, -0.1) is 0 Å². The second-order valence-electron chi connectivity index (χ2n) is 4.10. The maximum Gasteiger partial charge on any atom is 0.256 e. The zero-order chi connectivity index (χ0) is 14.0. The first kappa shape index (κ1) is 13.9. The van der Waals surface area contributed by atoms with E-state index in [9.17, 15) is 9.90 Å². The van der Waals surface area contributed by atoms with Crippen molar-refractivity contribution in [1.82, 2.24) is 0 Å². The number of aromatic hydroxyl groups is 1. The van der Waals surface area contributed by atoms with E-state index in [0.717, 1.165) is 10.0 Å². The molecule has 0 saturated heterocycles. The summed E-state index contributed by atoms with van der Waals surface area (Å²) in [5.74, 6) is -0.209. The van der Waals surface area contributed by atoms with Crippen LogP contribution in [0.25, 0.3) is 0 Å². The molecule has 0 bridgehead atoms. The summed E-state index contributed by atoms with van der Waals surface area (Å²) in [4.78, 5) is 12.1. The Morgan fingerprint density at radius 3 is 2.63 bits per heavy atom. The van der Waals surface area contributed by atoms with Gasteiger partial charge in [-0.1, -0.05) is 17.7 Å². The Morgan fingerprint density at radius 1 is 1.26 bits per heavy atom. The number of carbonyl (C=O) groups excluding carboxylic acids is 1. The lowest BCUT2D eigenvalue weighted by Crippen LogP contribution is -2.12. The first-order valence-electron chi connectivity index (χ1n) is 5.53. The molecular formula is C14H11BrClNO2. The lowest BCUT2D eigenvalue weighted by Gasteiger charge is -2.09. The fraction of sp³-hybridized carbons (Fsp3) is 0.0714. The number of halogens is 2. The van der Waals surface area contributed by atoms with Crippen LogP contribution < -0.4 is 5.32 Å². The number of aryl methyl sites for hydroxylation is 1. The fourth-order valence-corrected chi connectivity index (χ4v) is 2.49. The number of nitrogens with one attached hydrogen (secondary N) is 1. The predicted octanol–water partition coefficient (Wildman–Crippen LogP) is 4.37. The first-order valence-corrected chi connectivity index (χ1v) is 6.70. The summed E-state index contributed by atoms with van der Waals surface area (Å²) in [5, 5.41) is 12.2. The molecule has 0 unspecified atom stereocenters. The molecule has 0 radical (unpaired) electrons. The van der Waals surface area contributed by atoms with Gasteiger partial charge in [0.05, 0.1) is 16.3 Å². The molecule has 0 aliphatic rings. The van der Waals surface area contributed by atoms with Gasteiger partial charge in [-0.25, -0.2) is 0 Å². The molecule has 2 aromatic rings. The maximum absolute atomic E-state index is 12.1. The van der Waals surface area contributed by atoms with E-state index in [2.05, 4.69) is 21.2 Å². The Morgan fingerprint density at radius 2 is 2.00 bits per heavy atom. The first-order chi connectivity index (χ1) is 8.97. The van der Waals surface area contributed by atoms with Crippen LogP contribution in [0.1, 0.15) is 15.9 Å². The lowest BCUT2D eigenvalue weighted by molar-refractivity contribution is 0.102. The largest absolute Gasteiger partial charge is 0.508 e. The van der Waals surface area contributed by atoms with E-state index in [-0.39, 0.29) is 16.7 Å². The summed E-state index contributed by atoms with van der Waals surface area (Å²) in [6.07, 6.45) is 0. The number of rotatable bonds is 2. The molecule has 0 spiro atoms. The molecule has 2 aromatic carbocycles. The molecule has 3 nitrogen and oxygen atoms in total. The van der Waals surface area contributed by atoms with Crippen LogP contribution in [0.15, 0.2) is 40.9 Å². The van der Waals surface area contributed by atoms with Gasteiger partial charge in [-0.3, -0.25) is 4.79 Å². The highest BCUT2D eigenvalue weighted by atomic mass is 79.9. The normalized spacial score (nSPS) is 10.3. The van der Waals surface area contributed by atoms with Crippen molar-refractivity contribution in [2.75, 3.05) is 5.32 Å². The van der Waals surface area contributed by atoms with E-state index in [1.807, 2.05) is 19.1 Å². The zero-order valence-electron chi connectivity index (χ0n) is 10.1. The van der Waals surface area contributed by atoms with Crippen molar-refractivity contribution in [2.45, 2.75) is 6.92 Å². The summed E-state index contributed by atoms with van der Waals surface area (Å²) in [5.41, 5.74) is 2.04. The highest BCUT2D eigenvalue weighted by Crippen LogP contribution is 2.27. The SMILES string of the molecule is Cc1ccc(C(=O)Nc2ccc(O)cc2Cl)c(Br)c1. The van der Waals surface area contributed by atoms with Crippen molar-refractivity contribution in [3.05, 3.63) is 57.0 Å². The van der Waals surface area contributed by atoms with Crippen molar-refractivity contribution in [2.24, 2.45) is 0 Å². The smallest absolute Gasteiger partial charge is 0.256 e. The molecule has 2 rings (SSSR count). The van der Waals surface area contributed by atoms with Crippen LogP contribution in [0.4, 0.5) is 5.69 Å². The van der Waals surface area contributed by atoms with E-state index in [1.165, 1.54) is 12.1 Å². The number of carbonyl (C=O) groups is 1. The Balaban J connectivity index is 2.25. The van der Waals surface area contributed by atoms with E-state index >= 15 is 0 Å². The van der Waals surface area contributed by atoms with E-state index in [1.54, 1.807) is 12.1 Å². The van der Waals surface area contributed by atoms with Crippen molar-refractivity contribution < 1.29 is 9.90 Å². The Bertz CT molecular complexity index is 643. The van der Waals surface area contributed by atoms with Gasteiger partial charge < -0.3 is 10.4 Å². The number of benzene rings is 2. The van der Waals surface area contributed by atoms with Crippen LogP contribution in [-0.2, 0) is 0 Å². The van der Waals surface area contributed by atoms with Crippen LogP contribution in [0.3, 0.4) is 0 Å². The molecule has 0 fully saturated rings. The summed E-state index contributed by atoms with van der Waals surface area (Å²) >= 11 is 9.30. The van der Waals surface area contributed by atoms with Crippen molar-refractivity contribution in [3.8, 4) is 5.75 Å². The van der Waals surface area contributed by atoms with Crippen molar-refractivity contribution >= 4 is 39.1 Å². The van der Waals surface area contributed by atoms with E-state index < -0.39 is 0 Å². The summed E-state index contributed by atoms with van der Waals surface area (Å²) in [6, 6.07) is 9.86. The predicted molar refractivity (Wildman–Crippen MR) is 79.9 cm³/mol. The second-order valence-corrected chi connectivity index (χ2v) is 5.36. The Kier molecular flexibility index (Phi) is 4.12. The third kappa shape index (κ3) is 3.28. The molecule has 0 atom stereocenters. The van der Waals surface area contributed by atoms with Crippen LogP contribution >= 0.6 is 27.5 Å². The van der Waals surface area contributed by atoms with Gasteiger partial charge in [-0.05, 0) is 52.7 Å². The van der Waals surface area contributed by atoms with Gasteiger partial charge in [-0.2, -0.15) is 0 Å². The van der Waals surface area contributed by atoms with Gasteiger partial charge in [0.25, 0.3) is 5.91 Å².